The molecule has 2 rings (SSSR count). The highest BCUT2D eigenvalue weighted by Crippen LogP contribution is 2.26. The van der Waals surface area contributed by atoms with Crippen molar-refractivity contribution in [3.63, 3.8) is 0 Å². The lowest BCUT2D eigenvalue weighted by Crippen LogP contribution is -2.27. The van der Waals surface area contributed by atoms with Crippen LogP contribution in [0.1, 0.15) is 5.56 Å². The summed E-state index contributed by atoms with van der Waals surface area (Å²) in [6, 6.07) is 5.10. The topological polar surface area (TPSA) is 47.7 Å². The molecule has 1 fully saturated rings. The van der Waals surface area contributed by atoms with Gasteiger partial charge in [-0.1, -0.05) is 6.07 Å². The molecule has 0 amide bonds. The maximum absolute atomic E-state index is 14.0. The fourth-order valence-electron chi connectivity index (χ4n) is 2.33. The van der Waals surface area contributed by atoms with Gasteiger partial charge in [-0.2, -0.15) is 0 Å². The van der Waals surface area contributed by atoms with Crippen molar-refractivity contribution in [1.82, 2.24) is 0 Å². The van der Waals surface area contributed by atoms with E-state index in [9.17, 15) is 4.39 Å². The molecule has 5 heteroatoms. The third kappa shape index (κ3) is 2.48. The Hall–Kier alpha value is -1.17. The molecule has 2 N–H and O–H groups in total. The van der Waals surface area contributed by atoms with E-state index in [0.717, 1.165) is 5.56 Å². The Labute approximate surface area is 106 Å². The molecule has 2 unspecified atom stereocenters. The van der Waals surface area contributed by atoms with Gasteiger partial charge < -0.3 is 20.1 Å². The smallest absolute Gasteiger partial charge is 0.146 e. The number of methoxy groups -OCH3 is 2. The summed E-state index contributed by atoms with van der Waals surface area (Å²) in [5.41, 5.74) is 6.86. The van der Waals surface area contributed by atoms with Gasteiger partial charge in [0.15, 0.2) is 0 Å². The van der Waals surface area contributed by atoms with Gasteiger partial charge in [-0.25, -0.2) is 4.39 Å². The Morgan fingerprint density at radius 1 is 1.28 bits per heavy atom. The van der Waals surface area contributed by atoms with Gasteiger partial charge in [0, 0.05) is 33.9 Å². The Bertz CT molecular complexity index is 402. The molecule has 1 aliphatic rings. The number of benzene rings is 1. The van der Waals surface area contributed by atoms with E-state index in [1.165, 1.54) is 6.07 Å². The normalized spacial score (nSPS) is 23.7. The molecule has 0 spiro atoms. The molecule has 1 aliphatic heterocycles. The first kappa shape index (κ1) is 13.3. The fourth-order valence-corrected chi connectivity index (χ4v) is 2.33. The highest BCUT2D eigenvalue weighted by Gasteiger charge is 2.33. The third-order valence-corrected chi connectivity index (χ3v) is 3.41. The number of halogens is 1. The van der Waals surface area contributed by atoms with Crippen LogP contribution in [0.2, 0.25) is 0 Å². The summed E-state index contributed by atoms with van der Waals surface area (Å²) in [5, 5.41) is 0. The molecule has 1 saturated heterocycles. The number of anilines is 1. The Balaban J connectivity index is 2.18. The third-order valence-electron chi connectivity index (χ3n) is 3.41. The largest absolute Gasteiger partial charge is 0.377 e. The number of nitrogens with zero attached hydrogens (tertiary/aromatic N) is 1. The Morgan fingerprint density at radius 3 is 2.33 bits per heavy atom. The van der Waals surface area contributed by atoms with Gasteiger partial charge in [-0.05, 0) is 17.7 Å². The number of ether oxygens (including phenoxy) is 2. The molecule has 0 bridgehead atoms. The van der Waals surface area contributed by atoms with Crippen LogP contribution in [-0.4, -0.2) is 39.5 Å². The summed E-state index contributed by atoms with van der Waals surface area (Å²) in [4.78, 5) is 1.94. The van der Waals surface area contributed by atoms with Crippen LogP contribution in [0, 0.1) is 5.82 Å². The molecule has 0 saturated carbocycles. The lowest BCUT2D eigenvalue weighted by molar-refractivity contribution is -0.00461. The molecule has 0 radical (unpaired) electrons. The highest BCUT2D eigenvalue weighted by molar-refractivity contribution is 5.50. The summed E-state index contributed by atoms with van der Waals surface area (Å²) in [5.74, 6) is -0.246. The van der Waals surface area contributed by atoms with Crippen molar-refractivity contribution in [2.45, 2.75) is 18.8 Å². The summed E-state index contributed by atoms with van der Waals surface area (Å²) >= 11 is 0. The lowest BCUT2D eigenvalue weighted by Gasteiger charge is -2.19. The van der Waals surface area contributed by atoms with E-state index < -0.39 is 0 Å². The average Bonchev–Trinajstić information content (AvgIpc) is 2.81. The minimum Gasteiger partial charge on any atom is -0.377 e. The predicted octanol–water partition coefficient (Wildman–Crippen LogP) is 1.13. The van der Waals surface area contributed by atoms with Crippen LogP contribution in [0.15, 0.2) is 18.2 Å². The second-order valence-corrected chi connectivity index (χ2v) is 4.44. The Morgan fingerprint density at radius 2 is 1.89 bits per heavy atom. The first-order valence-corrected chi connectivity index (χ1v) is 5.98. The lowest BCUT2D eigenvalue weighted by atomic mass is 10.2. The predicted molar refractivity (Wildman–Crippen MR) is 68.1 cm³/mol. The van der Waals surface area contributed by atoms with Gasteiger partial charge in [0.1, 0.15) is 18.0 Å². The molecule has 1 aromatic rings. The van der Waals surface area contributed by atoms with Crippen molar-refractivity contribution in [1.29, 1.82) is 0 Å². The van der Waals surface area contributed by atoms with Crippen LogP contribution in [-0.2, 0) is 16.0 Å². The van der Waals surface area contributed by atoms with Crippen LogP contribution >= 0.6 is 0 Å². The minimum atomic E-state index is -0.246. The molecule has 1 heterocycles. The van der Waals surface area contributed by atoms with Crippen LogP contribution in [0.3, 0.4) is 0 Å². The molecule has 100 valence electrons. The van der Waals surface area contributed by atoms with Crippen molar-refractivity contribution < 1.29 is 13.9 Å². The van der Waals surface area contributed by atoms with Crippen LogP contribution < -0.4 is 10.6 Å². The summed E-state index contributed by atoms with van der Waals surface area (Å²) in [6.07, 6.45) is -0.0489. The van der Waals surface area contributed by atoms with Crippen molar-refractivity contribution in [3.05, 3.63) is 29.6 Å². The molecular formula is C13H19FN2O2. The van der Waals surface area contributed by atoms with Gasteiger partial charge in [0.25, 0.3) is 0 Å². The second-order valence-electron chi connectivity index (χ2n) is 4.44. The van der Waals surface area contributed by atoms with E-state index in [-0.39, 0.29) is 18.0 Å². The summed E-state index contributed by atoms with van der Waals surface area (Å²) in [6.45, 7) is 1.61. The van der Waals surface area contributed by atoms with Crippen LogP contribution in [0.5, 0.6) is 0 Å². The van der Waals surface area contributed by atoms with Gasteiger partial charge in [0.05, 0.1) is 5.69 Å². The van der Waals surface area contributed by atoms with E-state index in [4.69, 9.17) is 15.2 Å². The van der Waals surface area contributed by atoms with E-state index >= 15 is 0 Å². The molecule has 0 aromatic heterocycles. The van der Waals surface area contributed by atoms with E-state index in [1.807, 2.05) is 11.0 Å². The maximum atomic E-state index is 14.0. The Kier molecular flexibility index (Phi) is 4.16. The van der Waals surface area contributed by atoms with Gasteiger partial charge in [0.2, 0.25) is 0 Å². The van der Waals surface area contributed by atoms with Crippen LogP contribution in [0.25, 0.3) is 0 Å². The number of nitrogens with two attached hydrogens (primary N) is 1. The standard InChI is InChI=1S/C13H19FN2O2/c1-17-12-7-16(8-13(12)18-2)11-4-3-9(6-15)5-10(11)14/h3-5,12-13H,6-8,15H2,1-2H3. The SMILES string of the molecule is COC1CN(c2ccc(CN)cc2F)CC1OC. The monoisotopic (exact) mass is 254 g/mol. The number of hydrogen-bond donors (Lipinski definition) is 1. The zero-order valence-electron chi connectivity index (χ0n) is 10.7. The van der Waals surface area contributed by atoms with Crippen molar-refractivity contribution in [2.75, 3.05) is 32.2 Å². The van der Waals surface area contributed by atoms with Gasteiger partial charge >= 0.3 is 0 Å². The van der Waals surface area contributed by atoms with E-state index in [2.05, 4.69) is 0 Å². The molecule has 4 nitrogen and oxygen atoms in total. The molecule has 0 aliphatic carbocycles. The highest BCUT2D eigenvalue weighted by atomic mass is 19.1. The van der Waals surface area contributed by atoms with Crippen molar-refractivity contribution in [2.24, 2.45) is 5.73 Å². The van der Waals surface area contributed by atoms with Crippen molar-refractivity contribution in [3.8, 4) is 0 Å². The number of hydrogen-bond acceptors (Lipinski definition) is 4. The molecule has 2 atom stereocenters. The summed E-state index contributed by atoms with van der Waals surface area (Å²) in [7, 11) is 3.29. The zero-order chi connectivity index (χ0) is 13.1. The molecule has 1 aromatic carbocycles. The first-order chi connectivity index (χ1) is 8.69. The van der Waals surface area contributed by atoms with Gasteiger partial charge in [-0.15, -0.1) is 0 Å². The molecular weight excluding hydrogens is 235 g/mol. The van der Waals surface area contributed by atoms with E-state index in [1.54, 1.807) is 20.3 Å². The zero-order valence-corrected chi connectivity index (χ0v) is 10.7. The fraction of sp³-hybridized carbons (Fsp3) is 0.538. The quantitative estimate of drug-likeness (QED) is 0.875. The number of rotatable bonds is 4. The summed E-state index contributed by atoms with van der Waals surface area (Å²) < 4.78 is 24.7. The van der Waals surface area contributed by atoms with Gasteiger partial charge in [-0.3, -0.25) is 0 Å². The minimum absolute atomic E-state index is 0.0245. The first-order valence-electron chi connectivity index (χ1n) is 5.98. The second kappa shape index (κ2) is 5.65. The van der Waals surface area contributed by atoms with Crippen LogP contribution in [0.4, 0.5) is 10.1 Å². The maximum Gasteiger partial charge on any atom is 0.146 e. The van der Waals surface area contributed by atoms with Crippen molar-refractivity contribution >= 4 is 5.69 Å². The van der Waals surface area contributed by atoms with E-state index in [0.29, 0.717) is 25.3 Å². The molecule has 18 heavy (non-hydrogen) atoms. The average molecular weight is 254 g/mol.